The molecule has 0 aromatic carbocycles. The Labute approximate surface area is 348 Å². The van der Waals surface area contributed by atoms with E-state index < -0.39 is 6.10 Å². The molecule has 0 aliphatic heterocycles. The summed E-state index contributed by atoms with van der Waals surface area (Å²) < 4.78 is 16.6. The summed E-state index contributed by atoms with van der Waals surface area (Å²) in [6, 6.07) is 0. The molecule has 0 saturated heterocycles. The molecular weight excluding hydrogens is 697 g/mol. The van der Waals surface area contributed by atoms with Gasteiger partial charge in [-0.15, -0.1) is 0 Å². The molecule has 0 bridgehead atoms. The molecule has 0 spiro atoms. The van der Waals surface area contributed by atoms with Gasteiger partial charge in [-0.3, -0.25) is 14.4 Å². The van der Waals surface area contributed by atoms with Crippen molar-refractivity contribution in [2.45, 2.75) is 278 Å². The first kappa shape index (κ1) is 54.4. The molecule has 6 nitrogen and oxygen atoms in total. The fourth-order valence-electron chi connectivity index (χ4n) is 7.43. The highest BCUT2D eigenvalue weighted by molar-refractivity contribution is 5.71. The molecule has 1 unspecified atom stereocenters. The summed E-state index contributed by atoms with van der Waals surface area (Å²) in [6.45, 7) is 11.3. The lowest BCUT2D eigenvalue weighted by Gasteiger charge is -2.18. The van der Waals surface area contributed by atoms with E-state index in [4.69, 9.17) is 14.2 Å². The first-order valence-electron chi connectivity index (χ1n) is 24.8. The second-order valence-electron chi connectivity index (χ2n) is 17.8. The van der Waals surface area contributed by atoms with Gasteiger partial charge in [0.25, 0.3) is 0 Å². The Morgan fingerprint density at radius 1 is 0.375 bits per heavy atom. The predicted molar refractivity (Wildman–Crippen MR) is 238 cm³/mol. The number of hydrogen-bond acceptors (Lipinski definition) is 6. The summed E-state index contributed by atoms with van der Waals surface area (Å²) in [5.74, 6) is 0.839. The van der Waals surface area contributed by atoms with Crippen LogP contribution in [-0.4, -0.2) is 37.2 Å². The van der Waals surface area contributed by atoms with Gasteiger partial charge in [-0.25, -0.2) is 0 Å². The molecule has 0 N–H and O–H groups in total. The Hall–Kier alpha value is -1.59. The molecule has 0 aliphatic rings. The van der Waals surface area contributed by atoms with Crippen molar-refractivity contribution in [3.05, 3.63) is 0 Å². The van der Waals surface area contributed by atoms with Gasteiger partial charge in [0.05, 0.1) is 0 Å². The second kappa shape index (κ2) is 43.0. The van der Waals surface area contributed by atoms with Crippen LogP contribution in [-0.2, 0) is 28.6 Å². The molecule has 0 aliphatic carbocycles. The van der Waals surface area contributed by atoms with Gasteiger partial charge in [0.2, 0.25) is 0 Å². The van der Waals surface area contributed by atoms with Crippen molar-refractivity contribution in [2.75, 3.05) is 13.2 Å². The van der Waals surface area contributed by atoms with Crippen LogP contribution in [0.15, 0.2) is 0 Å². The lowest BCUT2D eigenvalue weighted by Crippen LogP contribution is -2.30. The number of carbonyl (C=O) groups excluding carboxylic acids is 3. The van der Waals surface area contributed by atoms with Crippen LogP contribution in [0.4, 0.5) is 0 Å². The van der Waals surface area contributed by atoms with Crippen molar-refractivity contribution in [2.24, 2.45) is 11.8 Å². The zero-order valence-electron chi connectivity index (χ0n) is 38.3. The van der Waals surface area contributed by atoms with E-state index in [1.54, 1.807) is 0 Å². The van der Waals surface area contributed by atoms with E-state index in [9.17, 15) is 14.4 Å². The normalized spacial score (nSPS) is 12.5. The monoisotopic (exact) mass is 793 g/mol. The minimum absolute atomic E-state index is 0.0657. The maximum atomic E-state index is 12.7. The van der Waals surface area contributed by atoms with E-state index in [0.717, 1.165) is 76.0 Å². The maximum Gasteiger partial charge on any atom is 0.306 e. The summed E-state index contributed by atoms with van der Waals surface area (Å²) in [5, 5.41) is 0. The van der Waals surface area contributed by atoms with Crippen LogP contribution >= 0.6 is 0 Å². The fraction of sp³-hybridized carbons (Fsp3) is 0.940. The van der Waals surface area contributed by atoms with Gasteiger partial charge in [-0.1, -0.05) is 234 Å². The lowest BCUT2D eigenvalue weighted by molar-refractivity contribution is -0.167. The molecule has 2 atom stereocenters. The molecule has 0 rings (SSSR count). The quantitative estimate of drug-likeness (QED) is 0.0347. The number of rotatable bonds is 44. The molecule has 56 heavy (non-hydrogen) atoms. The first-order valence-corrected chi connectivity index (χ1v) is 24.8. The van der Waals surface area contributed by atoms with Crippen molar-refractivity contribution in [1.29, 1.82) is 0 Å². The minimum atomic E-state index is -0.759. The molecule has 332 valence electrons. The Morgan fingerprint density at radius 3 is 1.02 bits per heavy atom. The van der Waals surface area contributed by atoms with Crippen LogP contribution in [0.5, 0.6) is 0 Å². The van der Waals surface area contributed by atoms with E-state index in [0.29, 0.717) is 19.3 Å². The average Bonchev–Trinajstić information content (AvgIpc) is 3.18. The average molecular weight is 793 g/mol. The Bertz CT molecular complexity index is 856. The van der Waals surface area contributed by atoms with Crippen LogP contribution in [0.25, 0.3) is 0 Å². The topological polar surface area (TPSA) is 78.9 Å². The Morgan fingerprint density at radius 2 is 0.679 bits per heavy atom. The molecule has 0 radical (unpaired) electrons. The Balaban J connectivity index is 4.09. The van der Waals surface area contributed by atoms with Crippen LogP contribution in [0.2, 0.25) is 0 Å². The summed E-state index contributed by atoms with van der Waals surface area (Å²) in [4.78, 5) is 37.5. The van der Waals surface area contributed by atoms with E-state index in [1.165, 1.54) is 154 Å². The van der Waals surface area contributed by atoms with Gasteiger partial charge >= 0.3 is 17.9 Å². The first-order chi connectivity index (χ1) is 27.3. The van der Waals surface area contributed by atoms with Gasteiger partial charge in [0, 0.05) is 19.3 Å². The maximum absolute atomic E-state index is 12.7. The molecule has 0 heterocycles. The zero-order valence-corrected chi connectivity index (χ0v) is 38.3. The van der Waals surface area contributed by atoms with Gasteiger partial charge in [0.15, 0.2) is 6.10 Å². The third-order valence-electron chi connectivity index (χ3n) is 11.6. The molecule has 0 saturated carbocycles. The molecule has 6 heteroatoms. The minimum Gasteiger partial charge on any atom is -0.462 e. The van der Waals surface area contributed by atoms with E-state index in [-0.39, 0.29) is 31.1 Å². The van der Waals surface area contributed by atoms with Crippen LogP contribution in [0.1, 0.15) is 272 Å². The molecular formula is C50H96O6. The van der Waals surface area contributed by atoms with E-state index in [2.05, 4.69) is 34.6 Å². The predicted octanol–water partition coefficient (Wildman–Crippen LogP) is 15.8. The zero-order chi connectivity index (χ0) is 41.2. The van der Waals surface area contributed by atoms with Crippen molar-refractivity contribution >= 4 is 17.9 Å². The highest BCUT2D eigenvalue weighted by Gasteiger charge is 2.19. The second-order valence-corrected chi connectivity index (χ2v) is 17.8. The van der Waals surface area contributed by atoms with E-state index >= 15 is 0 Å². The van der Waals surface area contributed by atoms with Crippen molar-refractivity contribution in [3.63, 3.8) is 0 Å². The van der Waals surface area contributed by atoms with Gasteiger partial charge < -0.3 is 14.2 Å². The summed E-state index contributed by atoms with van der Waals surface area (Å²) in [5.41, 5.74) is 0. The molecule has 0 fully saturated rings. The summed E-state index contributed by atoms with van der Waals surface area (Å²) in [7, 11) is 0. The summed E-state index contributed by atoms with van der Waals surface area (Å²) >= 11 is 0. The third-order valence-corrected chi connectivity index (χ3v) is 11.6. The van der Waals surface area contributed by atoms with Crippen molar-refractivity contribution in [3.8, 4) is 0 Å². The lowest BCUT2D eigenvalue weighted by atomic mass is 9.99. The van der Waals surface area contributed by atoms with Crippen LogP contribution in [0.3, 0.4) is 0 Å². The largest absolute Gasteiger partial charge is 0.462 e. The fourth-order valence-corrected chi connectivity index (χ4v) is 7.43. The van der Waals surface area contributed by atoms with Crippen LogP contribution in [0, 0.1) is 11.8 Å². The number of ether oxygens (including phenoxy) is 3. The smallest absolute Gasteiger partial charge is 0.306 e. The number of hydrogen-bond donors (Lipinski definition) is 0. The molecule has 0 amide bonds. The Kier molecular flexibility index (Phi) is 41.8. The highest BCUT2D eigenvalue weighted by Crippen LogP contribution is 2.18. The summed E-state index contributed by atoms with van der Waals surface area (Å²) in [6.07, 6.45) is 42.7. The van der Waals surface area contributed by atoms with E-state index in [1.807, 2.05) is 0 Å². The SMILES string of the molecule is CCCCCCCC(=O)OC[C@@H](COC(=O)CCCCCCCCCCC(C)CC)OC(=O)CCCCCCCCCCCCCCCCCCCCC(C)C. The van der Waals surface area contributed by atoms with Crippen LogP contribution < -0.4 is 0 Å². The van der Waals surface area contributed by atoms with Crippen molar-refractivity contribution in [1.82, 2.24) is 0 Å². The molecule has 0 aromatic rings. The third kappa shape index (κ3) is 42.0. The number of unbranched alkanes of at least 4 members (excludes halogenated alkanes) is 28. The number of esters is 3. The highest BCUT2D eigenvalue weighted by atomic mass is 16.6. The number of carbonyl (C=O) groups is 3. The van der Waals surface area contributed by atoms with Gasteiger partial charge in [-0.05, 0) is 31.1 Å². The van der Waals surface area contributed by atoms with Crippen molar-refractivity contribution < 1.29 is 28.6 Å². The van der Waals surface area contributed by atoms with Gasteiger partial charge in [-0.2, -0.15) is 0 Å². The standard InChI is InChI=1S/C50H96O6/c1-6-8-9-28-35-40-48(51)54-43-47(44-55-49(52)41-36-31-26-23-22-25-30-34-39-46(5)7-2)56-50(53)42-37-32-27-21-19-17-15-13-11-10-12-14-16-18-20-24-29-33-38-45(3)4/h45-47H,6-44H2,1-5H3/t46?,47-/m0/s1. The van der Waals surface area contributed by atoms with Gasteiger partial charge in [0.1, 0.15) is 13.2 Å². The molecule has 0 aromatic heterocycles.